The Labute approximate surface area is 181 Å². The number of benzene rings is 2. The van der Waals surface area contributed by atoms with Crippen LogP contribution in [0.25, 0.3) is 22.0 Å². The van der Waals surface area contributed by atoms with Crippen LogP contribution >= 0.6 is 0 Å². The molecular formula is C24H25N5O2. The fraction of sp³-hybridized carbons (Fsp3) is 0.250. The first-order valence-corrected chi connectivity index (χ1v) is 10.3. The highest BCUT2D eigenvalue weighted by Crippen LogP contribution is 2.28. The van der Waals surface area contributed by atoms with E-state index in [9.17, 15) is 9.59 Å². The van der Waals surface area contributed by atoms with Gasteiger partial charge in [0.25, 0.3) is 5.91 Å². The van der Waals surface area contributed by atoms with Gasteiger partial charge in [-0.3, -0.25) is 9.59 Å². The van der Waals surface area contributed by atoms with Crippen molar-refractivity contribution in [2.45, 2.75) is 18.9 Å². The van der Waals surface area contributed by atoms with E-state index in [4.69, 9.17) is 0 Å². The molecule has 31 heavy (non-hydrogen) atoms. The zero-order valence-corrected chi connectivity index (χ0v) is 17.5. The van der Waals surface area contributed by atoms with Crippen LogP contribution in [0.1, 0.15) is 23.5 Å². The van der Waals surface area contributed by atoms with Crippen molar-refractivity contribution in [2.75, 3.05) is 25.5 Å². The molecule has 2 heterocycles. The van der Waals surface area contributed by atoms with Crippen molar-refractivity contribution in [1.29, 1.82) is 0 Å². The molecule has 1 aliphatic rings. The Hall–Kier alpha value is -3.58. The van der Waals surface area contributed by atoms with E-state index in [1.165, 1.54) is 6.08 Å². The highest BCUT2D eigenvalue weighted by atomic mass is 16.2. The van der Waals surface area contributed by atoms with Crippen molar-refractivity contribution < 1.29 is 9.59 Å². The number of carbonyl (C=O) groups excluding carboxylic acids is 2. The third kappa shape index (κ3) is 4.78. The summed E-state index contributed by atoms with van der Waals surface area (Å²) < 4.78 is 0. The van der Waals surface area contributed by atoms with Gasteiger partial charge in [-0.2, -0.15) is 0 Å². The molecule has 7 nitrogen and oxygen atoms in total. The SMILES string of the molecule is C=CC(=O)Nc1cccc2ccc(-c3ccnc(C(=O)NC4CCN(C)CC4)n3)cc12. The van der Waals surface area contributed by atoms with Crippen LogP contribution in [-0.4, -0.2) is 52.9 Å². The highest BCUT2D eigenvalue weighted by molar-refractivity contribution is 6.06. The molecule has 0 aliphatic carbocycles. The number of carbonyl (C=O) groups is 2. The van der Waals surface area contributed by atoms with Crippen LogP contribution in [0.5, 0.6) is 0 Å². The van der Waals surface area contributed by atoms with Crippen molar-refractivity contribution >= 4 is 28.3 Å². The summed E-state index contributed by atoms with van der Waals surface area (Å²) in [5.74, 6) is -0.367. The van der Waals surface area contributed by atoms with E-state index in [2.05, 4.69) is 39.1 Å². The molecule has 158 valence electrons. The number of hydrogen-bond donors (Lipinski definition) is 2. The molecule has 1 saturated heterocycles. The molecular weight excluding hydrogens is 390 g/mol. The maximum absolute atomic E-state index is 12.7. The molecule has 3 aromatic rings. The summed E-state index contributed by atoms with van der Waals surface area (Å²) in [6.07, 6.45) is 4.68. The maximum Gasteiger partial charge on any atom is 0.289 e. The van der Waals surface area contributed by atoms with E-state index in [1.54, 1.807) is 12.3 Å². The minimum atomic E-state index is -0.271. The predicted molar refractivity (Wildman–Crippen MR) is 122 cm³/mol. The average molecular weight is 415 g/mol. The average Bonchev–Trinajstić information content (AvgIpc) is 2.80. The van der Waals surface area contributed by atoms with Gasteiger partial charge in [-0.25, -0.2) is 9.97 Å². The summed E-state index contributed by atoms with van der Waals surface area (Å²) >= 11 is 0. The quantitative estimate of drug-likeness (QED) is 0.625. The summed E-state index contributed by atoms with van der Waals surface area (Å²) in [6, 6.07) is 13.5. The topological polar surface area (TPSA) is 87.2 Å². The van der Waals surface area contributed by atoms with Gasteiger partial charge in [-0.05, 0) is 62.6 Å². The van der Waals surface area contributed by atoms with Gasteiger partial charge in [-0.1, -0.05) is 30.8 Å². The maximum atomic E-state index is 12.7. The van der Waals surface area contributed by atoms with Crippen LogP contribution in [0, 0.1) is 0 Å². The summed E-state index contributed by atoms with van der Waals surface area (Å²) in [7, 11) is 2.09. The lowest BCUT2D eigenvalue weighted by molar-refractivity contribution is -0.111. The van der Waals surface area contributed by atoms with Gasteiger partial charge >= 0.3 is 0 Å². The zero-order chi connectivity index (χ0) is 21.8. The number of fused-ring (bicyclic) bond motifs is 1. The summed E-state index contributed by atoms with van der Waals surface area (Å²) in [5, 5.41) is 7.75. The van der Waals surface area contributed by atoms with E-state index in [0.717, 1.165) is 42.3 Å². The Kier molecular flexibility index (Phi) is 6.04. The fourth-order valence-electron chi connectivity index (χ4n) is 3.76. The molecule has 2 aromatic carbocycles. The fourth-order valence-corrected chi connectivity index (χ4v) is 3.76. The Morgan fingerprint density at radius 3 is 2.74 bits per heavy atom. The molecule has 4 rings (SSSR count). The second-order valence-electron chi connectivity index (χ2n) is 7.75. The van der Waals surface area contributed by atoms with Gasteiger partial charge in [-0.15, -0.1) is 0 Å². The van der Waals surface area contributed by atoms with Gasteiger partial charge in [0.2, 0.25) is 11.7 Å². The molecule has 0 unspecified atom stereocenters. The van der Waals surface area contributed by atoms with Crippen LogP contribution in [0.4, 0.5) is 5.69 Å². The first-order chi connectivity index (χ1) is 15.0. The standard InChI is InChI=1S/C24H25N5O2/c1-3-22(30)27-21-6-4-5-16-7-8-17(15-19(16)21)20-9-12-25-23(28-20)24(31)26-18-10-13-29(2)14-11-18/h3-9,12,15,18H,1,10-11,13-14H2,2H3,(H,26,31)(H,27,30). The third-order valence-electron chi connectivity index (χ3n) is 5.53. The van der Waals surface area contributed by atoms with E-state index in [1.807, 2.05) is 36.4 Å². The Morgan fingerprint density at radius 2 is 1.97 bits per heavy atom. The Balaban J connectivity index is 1.59. The lowest BCUT2D eigenvalue weighted by Gasteiger charge is -2.29. The van der Waals surface area contributed by atoms with E-state index in [-0.39, 0.29) is 23.7 Å². The molecule has 0 saturated carbocycles. The number of amides is 2. The van der Waals surface area contributed by atoms with E-state index >= 15 is 0 Å². The van der Waals surface area contributed by atoms with Gasteiger partial charge in [0.15, 0.2) is 0 Å². The first-order valence-electron chi connectivity index (χ1n) is 10.3. The number of nitrogens with zero attached hydrogens (tertiary/aromatic N) is 3. The minimum absolute atomic E-state index is 0.146. The normalized spacial score (nSPS) is 14.9. The van der Waals surface area contributed by atoms with Gasteiger partial charge in [0.05, 0.1) is 5.69 Å². The van der Waals surface area contributed by atoms with Crippen LogP contribution in [0.15, 0.2) is 61.3 Å². The van der Waals surface area contributed by atoms with E-state index < -0.39 is 0 Å². The largest absolute Gasteiger partial charge is 0.346 e. The van der Waals surface area contributed by atoms with Crippen LogP contribution in [-0.2, 0) is 4.79 Å². The summed E-state index contributed by atoms with van der Waals surface area (Å²) in [5.41, 5.74) is 2.18. The Morgan fingerprint density at radius 1 is 1.16 bits per heavy atom. The number of nitrogens with one attached hydrogen (secondary N) is 2. The number of rotatable bonds is 5. The van der Waals surface area contributed by atoms with Gasteiger partial charge in [0, 0.05) is 28.9 Å². The van der Waals surface area contributed by atoms with Crippen LogP contribution < -0.4 is 10.6 Å². The van der Waals surface area contributed by atoms with Crippen molar-refractivity contribution in [1.82, 2.24) is 20.2 Å². The molecule has 0 bridgehead atoms. The third-order valence-corrected chi connectivity index (χ3v) is 5.53. The van der Waals surface area contributed by atoms with Crippen molar-refractivity contribution in [3.63, 3.8) is 0 Å². The molecule has 0 atom stereocenters. The predicted octanol–water partition coefficient (Wildman–Crippen LogP) is 3.25. The second kappa shape index (κ2) is 9.06. The number of piperidine rings is 1. The number of likely N-dealkylation sites (tertiary alicyclic amines) is 1. The molecule has 7 heteroatoms. The van der Waals surface area contributed by atoms with Crippen molar-refractivity contribution in [3.8, 4) is 11.3 Å². The molecule has 2 N–H and O–H groups in total. The smallest absolute Gasteiger partial charge is 0.289 e. The molecule has 1 fully saturated rings. The summed E-state index contributed by atoms with van der Waals surface area (Å²) in [4.78, 5) is 35.4. The van der Waals surface area contributed by atoms with E-state index in [0.29, 0.717) is 11.4 Å². The van der Waals surface area contributed by atoms with Gasteiger partial charge < -0.3 is 15.5 Å². The number of aromatic nitrogens is 2. The molecule has 2 amide bonds. The monoisotopic (exact) mass is 415 g/mol. The molecule has 0 radical (unpaired) electrons. The summed E-state index contributed by atoms with van der Waals surface area (Å²) in [6.45, 7) is 5.44. The molecule has 1 aliphatic heterocycles. The Bertz CT molecular complexity index is 1140. The second-order valence-corrected chi connectivity index (χ2v) is 7.75. The van der Waals surface area contributed by atoms with Crippen molar-refractivity contribution in [2.24, 2.45) is 0 Å². The lowest BCUT2D eigenvalue weighted by atomic mass is 10.0. The lowest BCUT2D eigenvalue weighted by Crippen LogP contribution is -2.43. The molecule has 1 aromatic heterocycles. The van der Waals surface area contributed by atoms with Gasteiger partial charge in [0.1, 0.15) is 0 Å². The number of hydrogen-bond acceptors (Lipinski definition) is 5. The first kappa shape index (κ1) is 20.7. The number of anilines is 1. The van der Waals surface area contributed by atoms with Crippen LogP contribution in [0.2, 0.25) is 0 Å². The zero-order valence-electron chi connectivity index (χ0n) is 17.5. The van der Waals surface area contributed by atoms with Crippen molar-refractivity contribution in [3.05, 3.63) is 67.1 Å². The molecule has 0 spiro atoms. The highest BCUT2D eigenvalue weighted by Gasteiger charge is 2.20. The minimum Gasteiger partial charge on any atom is -0.346 e. The van der Waals surface area contributed by atoms with Crippen LogP contribution in [0.3, 0.4) is 0 Å².